The topological polar surface area (TPSA) is 66.5 Å². The maximum atomic E-state index is 13.0. The van der Waals surface area contributed by atoms with E-state index in [1.807, 2.05) is 37.3 Å². The number of nitrogens with one attached hydrogen (secondary N) is 1. The van der Waals surface area contributed by atoms with Crippen molar-refractivity contribution in [2.75, 3.05) is 17.1 Å². The number of hydrogen-bond donors (Lipinski definition) is 1. The van der Waals surface area contributed by atoms with Gasteiger partial charge in [-0.2, -0.15) is 0 Å². The summed E-state index contributed by atoms with van der Waals surface area (Å²) in [6.45, 7) is 2.05. The number of anilines is 1. The summed E-state index contributed by atoms with van der Waals surface area (Å²) >= 11 is 0. The van der Waals surface area contributed by atoms with E-state index in [4.69, 9.17) is 0 Å². The smallest absolute Gasteiger partial charge is 0.232 e. The number of amides is 1. The highest BCUT2D eigenvalue weighted by atomic mass is 32.2. The summed E-state index contributed by atoms with van der Waals surface area (Å²) in [5, 5.41) is 2.90. The van der Waals surface area contributed by atoms with Crippen LogP contribution in [0.25, 0.3) is 0 Å². The molecule has 2 rings (SSSR count). The normalized spacial score (nSPS) is 12.4. The average molecular weight is 378 g/mol. The van der Waals surface area contributed by atoms with Crippen molar-refractivity contribution in [3.63, 3.8) is 0 Å². The van der Waals surface area contributed by atoms with Gasteiger partial charge in [-0.3, -0.25) is 9.10 Å². The summed E-state index contributed by atoms with van der Waals surface area (Å²) in [6, 6.07) is 14.7. The van der Waals surface area contributed by atoms with E-state index in [1.165, 1.54) is 28.6 Å². The summed E-state index contributed by atoms with van der Waals surface area (Å²) in [4.78, 5) is 12.1. The Morgan fingerprint density at radius 2 is 1.73 bits per heavy atom. The first-order valence-electron chi connectivity index (χ1n) is 8.35. The van der Waals surface area contributed by atoms with Gasteiger partial charge in [-0.05, 0) is 43.2 Å². The first kappa shape index (κ1) is 19.9. The monoisotopic (exact) mass is 378 g/mol. The number of benzene rings is 2. The van der Waals surface area contributed by atoms with Crippen molar-refractivity contribution in [1.29, 1.82) is 0 Å². The van der Waals surface area contributed by atoms with Crippen molar-refractivity contribution >= 4 is 21.6 Å². The lowest BCUT2D eigenvalue weighted by Gasteiger charge is -2.22. The van der Waals surface area contributed by atoms with Crippen molar-refractivity contribution in [3.05, 3.63) is 66.0 Å². The zero-order chi connectivity index (χ0) is 19.2. The fourth-order valence-corrected chi connectivity index (χ4v) is 3.58. The maximum Gasteiger partial charge on any atom is 0.232 e. The van der Waals surface area contributed by atoms with Crippen LogP contribution in [0.3, 0.4) is 0 Å². The minimum absolute atomic E-state index is 0.119. The van der Waals surface area contributed by atoms with Crippen LogP contribution in [-0.2, 0) is 14.8 Å². The predicted octanol–water partition coefficient (Wildman–Crippen LogP) is 3.25. The first-order valence-corrected chi connectivity index (χ1v) is 10.2. The predicted molar refractivity (Wildman–Crippen MR) is 101 cm³/mol. The van der Waals surface area contributed by atoms with Gasteiger partial charge in [0, 0.05) is 13.0 Å². The summed E-state index contributed by atoms with van der Waals surface area (Å²) in [5.41, 5.74) is 1.39. The second kappa shape index (κ2) is 8.80. The van der Waals surface area contributed by atoms with Gasteiger partial charge in [0.15, 0.2) is 0 Å². The van der Waals surface area contributed by atoms with Gasteiger partial charge in [-0.1, -0.05) is 30.3 Å². The van der Waals surface area contributed by atoms with Crippen LogP contribution in [0.5, 0.6) is 0 Å². The van der Waals surface area contributed by atoms with Crippen LogP contribution in [0, 0.1) is 5.82 Å². The Hall–Kier alpha value is -2.41. The maximum absolute atomic E-state index is 13.0. The highest BCUT2D eigenvalue weighted by molar-refractivity contribution is 7.92. The van der Waals surface area contributed by atoms with Crippen LogP contribution in [0.2, 0.25) is 0 Å². The molecule has 1 amide bonds. The number of carbonyl (C=O) groups is 1. The van der Waals surface area contributed by atoms with Crippen molar-refractivity contribution in [1.82, 2.24) is 5.32 Å². The van der Waals surface area contributed by atoms with Crippen molar-refractivity contribution in [2.45, 2.75) is 25.8 Å². The van der Waals surface area contributed by atoms with E-state index in [0.717, 1.165) is 11.8 Å². The van der Waals surface area contributed by atoms with E-state index >= 15 is 0 Å². The fraction of sp³-hybridized carbons (Fsp3) is 0.316. The minimum atomic E-state index is -3.52. The molecule has 0 aliphatic rings. The largest absolute Gasteiger partial charge is 0.350 e. The molecule has 0 aliphatic heterocycles. The molecule has 0 unspecified atom stereocenters. The van der Waals surface area contributed by atoms with Crippen LogP contribution >= 0.6 is 0 Å². The van der Waals surface area contributed by atoms with Gasteiger partial charge < -0.3 is 5.32 Å². The molecule has 0 saturated carbocycles. The van der Waals surface area contributed by atoms with Crippen LogP contribution in [0.4, 0.5) is 10.1 Å². The second-order valence-corrected chi connectivity index (χ2v) is 8.02. The molecule has 26 heavy (non-hydrogen) atoms. The molecule has 2 aromatic carbocycles. The molecule has 0 radical (unpaired) electrons. The van der Waals surface area contributed by atoms with Crippen LogP contribution < -0.4 is 9.62 Å². The molecule has 0 heterocycles. The van der Waals surface area contributed by atoms with Gasteiger partial charge in [0.1, 0.15) is 5.82 Å². The number of carbonyl (C=O) groups excluding carboxylic acids is 1. The molecule has 0 bridgehead atoms. The molecule has 5 nitrogen and oxygen atoms in total. The summed E-state index contributed by atoms with van der Waals surface area (Å²) in [5.74, 6) is -0.578. The quantitative estimate of drug-likeness (QED) is 0.767. The third-order valence-corrected chi connectivity index (χ3v) is 5.15. The van der Waals surface area contributed by atoms with Crippen molar-refractivity contribution in [2.24, 2.45) is 0 Å². The van der Waals surface area contributed by atoms with Gasteiger partial charge in [-0.25, -0.2) is 12.8 Å². The second-order valence-electron chi connectivity index (χ2n) is 6.11. The molecule has 140 valence electrons. The Bertz CT molecular complexity index is 824. The van der Waals surface area contributed by atoms with Crippen molar-refractivity contribution < 1.29 is 17.6 Å². The van der Waals surface area contributed by atoms with E-state index in [-0.39, 0.29) is 24.9 Å². The Morgan fingerprint density at radius 1 is 1.12 bits per heavy atom. The number of hydrogen-bond acceptors (Lipinski definition) is 3. The van der Waals surface area contributed by atoms with Crippen LogP contribution in [0.1, 0.15) is 31.4 Å². The lowest BCUT2D eigenvalue weighted by Crippen LogP contribution is -2.32. The SMILES string of the molecule is C[C@@H](NC(=O)CCCN(c1ccc(F)cc1)S(C)(=O)=O)c1ccccc1. The van der Waals surface area contributed by atoms with E-state index in [2.05, 4.69) is 5.32 Å². The third kappa shape index (κ3) is 5.84. The molecule has 0 fully saturated rings. The molecule has 2 aromatic rings. The lowest BCUT2D eigenvalue weighted by molar-refractivity contribution is -0.121. The lowest BCUT2D eigenvalue weighted by atomic mass is 10.1. The molecule has 1 N–H and O–H groups in total. The van der Waals surface area contributed by atoms with E-state index < -0.39 is 15.8 Å². The number of sulfonamides is 1. The van der Waals surface area contributed by atoms with Gasteiger partial charge >= 0.3 is 0 Å². The fourth-order valence-electron chi connectivity index (χ4n) is 2.62. The Kier molecular flexibility index (Phi) is 6.74. The first-order chi connectivity index (χ1) is 12.3. The Balaban J connectivity index is 1.91. The average Bonchev–Trinajstić information content (AvgIpc) is 2.59. The molecular weight excluding hydrogens is 355 g/mol. The number of rotatable bonds is 8. The van der Waals surface area contributed by atoms with Gasteiger partial charge in [0.2, 0.25) is 15.9 Å². The molecule has 1 atom stereocenters. The van der Waals surface area contributed by atoms with E-state index in [9.17, 15) is 17.6 Å². The number of halogens is 1. The van der Waals surface area contributed by atoms with Crippen LogP contribution in [0.15, 0.2) is 54.6 Å². The minimum Gasteiger partial charge on any atom is -0.350 e. The number of nitrogens with zero attached hydrogens (tertiary/aromatic N) is 1. The summed E-state index contributed by atoms with van der Waals surface area (Å²) in [7, 11) is -3.52. The van der Waals surface area contributed by atoms with E-state index in [1.54, 1.807) is 0 Å². The molecule has 0 aromatic heterocycles. The van der Waals surface area contributed by atoms with E-state index in [0.29, 0.717) is 12.1 Å². The Morgan fingerprint density at radius 3 is 2.31 bits per heavy atom. The third-order valence-electron chi connectivity index (χ3n) is 3.96. The van der Waals surface area contributed by atoms with Crippen LogP contribution in [-0.4, -0.2) is 27.1 Å². The molecule has 0 aliphatic carbocycles. The zero-order valence-electron chi connectivity index (χ0n) is 14.9. The standard InChI is InChI=1S/C19H23FN2O3S/c1-15(16-7-4-3-5-8-16)21-19(23)9-6-14-22(26(2,24)25)18-12-10-17(20)11-13-18/h3-5,7-8,10-13,15H,6,9,14H2,1-2H3,(H,21,23)/t15-/m1/s1. The van der Waals surface area contributed by atoms with Gasteiger partial charge in [-0.15, -0.1) is 0 Å². The molecule has 0 spiro atoms. The summed E-state index contributed by atoms with van der Waals surface area (Å²) in [6.07, 6.45) is 1.65. The van der Waals surface area contributed by atoms with Crippen molar-refractivity contribution in [3.8, 4) is 0 Å². The highest BCUT2D eigenvalue weighted by Gasteiger charge is 2.18. The zero-order valence-corrected chi connectivity index (χ0v) is 15.7. The highest BCUT2D eigenvalue weighted by Crippen LogP contribution is 2.19. The summed E-state index contributed by atoms with van der Waals surface area (Å²) < 4.78 is 38.2. The Labute approximate surface area is 153 Å². The molecule has 0 saturated heterocycles. The van der Waals surface area contributed by atoms with Gasteiger partial charge in [0.05, 0.1) is 18.0 Å². The van der Waals surface area contributed by atoms with Gasteiger partial charge in [0.25, 0.3) is 0 Å². The molecule has 7 heteroatoms. The molecular formula is C19H23FN2O3S.